The fraction of sp³-hybridized carbons (Fsp3) is 0.611. The van der Waals surface area contributed by atoms with Gasteiger partial charge < -0.3 is 24.6 Å². The molecule has 6 nitrogen and oxygen atoms in total. The lowest BCUT2D eigenvalue weighted by Crippen LogP contribution is -2.42. The second-order valence-electron chi connectivity index (χ2n) is 6.74. The lowest BCUT2D eigenvalue weighted by molar-refractivity contribution is -0.156. The Morgan fingerprint density at radius 2 is 1.96 bits per heavy atom. The predicted molar refractivity (Wildman–Crippen MR) is 89.2 cm³/mol. The Labute approximate surface area is 143 Å². The summed E-state index contributed by atoms with van der Waals surface area (Å²) in [7, 11) is 1.63. The Hall–Kier alpha value is -1.47. The van der Waals surface area contributed by atoms with Crippen molar-refractivity contribution < 1.29 is 24.5 Å². The molecule has 1 aromatic carbocycles. The normalized spacial score (nSPS) is 23.5. The number of nitrogens with zero attached hydrogens (tertiary/aromatic N) is 1. The van der Waals surface area contributed by atoms with Gasteiger partial charge >= 0.3 is 0 Å². The first-order valence-corrected chi connectivity index (χ1v) is 8.20. The maximum Gasteiger partial charge on any atom is 0.225 e. The van der Waals surface area contributed by atoms with E-state index in [1.54, 1.807) is 27.8 Å². The van der Waals surface area contributed by atoms with Crippen molar-refractivity contribution in [2.24, 2.45) is 0 Å². The first-order chi connectivity index (χ1) is 11.2. The van der Waals surface area contributed by atoms with Crippen LogP contribution in [0, 0.1) is 0 Å². The molecule has 0 saturated carbocycles. The summed E-state index contributed by atoms with van der Waals surface area (Å²) in [6.45, 7) is 5.57. The quantitative estimate of drug-likeness (QED) is 0.822. The summed E-state index contributed by atoms with van der Waals surface area (Å²) in [4.78, 5) is 13.9. The van der Waals surface area contributed by atoms with Gasteiger partial charge in [-0.2, -0.15) is 0 Å². The monoisotopic (exact) mass is 337 g/mol. The van der Waals surface area contributed by atoms with E-state index in [2.05, 4.69) is 0 Å². The molecular weight excluding hydrogens is 310 g/mol. The Morgan fingerprint density at radius 3 is 2.50 bits per heavy atom. The van der Waals surface area contributed by atoms with Gasteiger partial charge in [0, 0.05) is 7.05 Å². The highest BCUT2D eigenvalue weighted by Crippen LogP contribution is 2.26. The van der Waals surface area contributed by atoms with Gasteiger partial charge in [-0.1, -0.05) is 30.3 Å². The molecule has 1 aliphatic rings. The van der Waals surface area contributed by atoms with Crippen molar-refractivity contribution >= 4 is 5.91 Å². The van der Waals surface area contributed by atoms with Crippen molar-refractivity contribution in [2.75, 3.05) is 13.7 Å². The van der Waals surface area contributed by atoms with E-state index >= 15 is 0 Å². The molecule has 0 unspecified atom stereocenters. The largest absolute Gasteiger partial charge is 0.390 e. The lowest BCUT2D eigenvalue weighted by atomic mass is 10.0. The molecule has 1 aromatic rings. The fourth-order valence-corrected chi connectivity index (χ4v) is 2.73. The molecule has 1 heterocycles. The SMILES string of the molecule is C[C@@H]([C@@H](O)c1ccccc1)N(C)C(=O)C[C@H](O)[C@H]1COC(C)(C)O1. The van der Waals surface area contributed by atoms with Crippen molar-refractivity contribution in [2.45, 2.75) is 57.3 Å². The molecule has 0 spiro atoms. The van der Waals surface area contributed by atoms with Crippen molar-refractivity contribution in [3.63, 3.8) is 0 Å². The van der Waals surface area contributed by atoms with E-state index in [4.69, 9.17) is 9.47 Å². The summed E-state index contributed by atoms with van der Waals surface area (Å²) in [5.74, 6) is -0.990. The summed E-state index contributed by atoms with van der Waals surface area (Å²) in [5.41, 5.74) is 0.750. The van der Waals surface area contributed by atoms with E-state index in [0.29, 0.717) is 0 Å². The highest BCUT2D eigenvalue weighted by molar-refractivity contribution is 5.76. The molecule has 134 valence electrons. The molecule has 1 amide bonds. The van der Waals surface area contributed by atoms with Crippen LogP contribution in [0.1, 0.15) is 38.9 Å². The summed E-state index contributed by atoms with van der Waals surface area (Å²) in [6.07, 6.45) is -2.33. The number of aliphatic hydroxyl groups excluding tert-OH is 2. The minimum atomic E-state index is -0.942. The second-order valence-corrected chi connectivity index (χ2v) is 6.74. The lowest BCUT2D eigenvalue weighted by Gasteiger charge is -2.30. The van der Waals surface area contributed by atoms with E-state index in [9.17, 15) is 15.0 Å². The van der Waals surface area contributed by atoms with Crippen LogP contribution in [-0.4, -0.2) is 58.7 Å². The number of likely N-dealkylation sites (N-methyl/N-ethyl adjacent to an activating group) is 1. The number of ether oxygens (including phenoxy) is 2. The van der Waals surface area contributed by atoms with E-state index in [1.807, 2.05) is 30.3 Å². The highest BCUT2D eigenvalue weighted by Gasteiger charge is 2.38. The molecule has 1 aliphatic heterocycles. The Morgan fingerprint density at radius 1 is 1.33 bits per heavy atom. The molecule has 1 saturated heterocycles. The molecule has 0 aliphatic carbocycles. The van der Waals surface area contributed by atoms with Crippen LogP contribution in [0.15, 0.2) is 30.3 Å². The number of carbonyl (C=O) groups is 1. The van der Waals surface area contributed by atoms with Crippen molar-refractivity contribution in [1.29, 1.82) is 0 Å². The number of rotatable bonds is 6. The van der Waals surface area contributed by atoms with Crippen LogP contribution in [0.25, 0.3) is 0 Å². The zero-order chi connectivity index (χ0) is 17.9. The fourth-order valence-electron chi connectivity index (χ4n) is 2.73. The van der Waals surface area contributed by atoms with E-state index in [0.717, 1.165) is 5.56 Å². The third-order valence-corrected chi connectivity index (χ3v) is 4.45. The maximum absolute atomic E-state index is 12.4. The smallest absolute Gasteiger partial charge is 0.225 e. The number of hydrogen-bond acceptors (Lipinski definition) is 5. The molecule has 0 radical (unpaired) electrons. The van der Waals surface area contributed by atoms with Gasteiger partial charge in [-0.05, 0) is 26.3 Å². The Balaban J connectivity index is 1.91. The average Bonchev–Trinajstić information content (AvgIpc) is 2.93. The van der Waals surface area contributed by atoms with Crippen LogP contribution in [0.2, 0.25) is 0 Å². The first kappa shape index (κ1) is 18.9. The van der Waals surface area contributed by atoms with E-state index in [1.165, 1.54) is 4.90 Å². The molecular formula is C18H27NO5. The van der Waals surface area contributed by atoms with Gasteiger partial charge in [0.15, 0.2) is 5.79 Å². The number of aliphatic hydroxyl groups is 2. The first-order valence-electron chi connectivity index (χ1n) is 8.20. The third-order valence-electron chi connectivity index (χ3n) is 4.45. The van der Waals surface area contributed by atoms with Gasteiger partial charge in [-0.3, -0.25) is 4.79 Å². The van der Waals surface area contributed by atoms with Gasteiger partial charge in [0.2, 0.25) is 5.91 Å². The highest BCUT2D eigenvalue weighted by atomic mass is 16.7. The minimum Gasteiger partial charge on any atom is -0.390 e. The summed E-state index contributed by atoms with van der Waals surface area (Å²) in [6, 6.07) is 8.79. The van der Waals surface area contributed by atoms with Gasteiger partial charge in [-0.15, -0.1) is 0 Å². The van der Waals surface area contributed by atoms with Crippen LogP contribution in [0.3, 0.4) is 0 Å². The zero-order valence-electron chi connectivity index (χ0n) is 14.7. The molecule has 2 N–H and O–H groups in total. The summed E-state index contributed by atoms with van der Waals surface area (Å²) >= 11 is 0. The molecule has 0 bridgehead atoms. The molecule has 1 fully saturated rings. The summed E-state index contributed by atoms with van der Waals surface area (Å²) in [5, 5.41) is 20.6. The molecule has 2 rings (SSSR count). The molecule has 0 aromatic heterocycles. The second kappa shape index (κ2) is 7.61. The maximum atomic E-state index is 12.4. The number of amides is 1. The number of benzene rings is 1. The standard InChI is InChI=1S/C18H27NO5/c1-12(17(22)13-8-6-5-7-9-13)19(4)16(21)10-14(20)15-11-23-18(2,3)24-15/h5-9,12,14-15,17,20,22H,10-11H2,1-4H3/t12-,14-,15+,17+/m0/s1. The predicted octanol–water partition coefficient (Wildman–Crippen LogP) is 1.47. The van der Waals surface area contributed by atoms with Gasteiger partial charge in [0.1, 0.15) is 6.10 Å². The van der Waals surface area contributed by atoms with E-state index in [-0.39, 0.29) is 18.9 Å². The zero-order valence-corrected chi connectivity index (χ0v) is 14.7. The molecule has 6 heteroatoms. The van der Waals surface area contributed by atoms with Crippen LogP contribution >= 0.6 is 0 Å². The van der Waals surface area contributed by atoms with Gasteiger partial charge in [-0.25, -0.2) is 0 Å². The Kier molecular flexibility index (Phi) is 5.98. The van der Waals surface area contributed by atoms with Crippen LogP contribution in [0.5, 0.6) is 0 Å². The topological polar surface area (TPSA) is 79.2 Å². The molecule has 24 heavy (non-hydrogen) atoms. The van der Waals surface area contributed by atoms with Crippen molar-refractivity contribution in [3.05, 3.63) is 35.9 Å². The average molecular weight is 337 g/mol. The number of hydrogen-bond donors (Lipinski definition) is 2. The third kappa shape index (κ3) is 4.54. The minimum absolute atomic E-state index is 0.0769. The number of carbonyl (C=O) groups excluding carboxylic acids is 1. The van der Waals surface area contributed by atoms with Crippen LogP contribution in [0.4, 0.5) is 0 Å². The van der Waals surface area contributed by atoms with Crippen molar-refractivity contribution in [3.8, 4) is 0 Å². The Bertz CT molecular complexity index is 548. The van der Waals surface area contributed by atoms with Crippen LogP contribution in [-0.2, 0) is 14.3 Å². The van der Waals surface area contributed by atoms with E-state index < -0.39 is 30.1 Å². The van der Waals surface area contributed by atoms with Gasteiger partial charge in [0.05, 0.1) is 31.3 Å². The van der Waals surface area contributed by atoms with Gasteiger partial charge in [0.25, 0.3) is 0 Å². The van der Waals surface area contributed by atoms with Crippen molar-refractivity contribution in [1.82, 2.24) is 4.90 Å². The van der Waals surface area contributed by atoms with Crippen LogP contribution < -0.4 is 0 Å². The summed E-state index contributed by atoms with van der Waals surface area (Å²) < 4.78 is 11.0. The molecule has 4 atom stereocenters.